The minimum atomic E-state index is -0.172. The summed E-state index contributed by atoms with van der Waals surface area (Å²) >= 11 is 0. The van der Waals surface area contributed by atoms with Crippen molar-refractivity contribution >= 4 is 5.69 Å². The first kappa shape index (κ1) is 13.0. The third-order valence-corrected chi connectivity index (χ3v) is 2.63. The summed E-state index contributed by atoms with van der Waals surface area (Å²) in [5.41, 5.74) is 2.11. The Kier molecular flexibility index (Phi) is 4.74. The fourth-order valence-corrected chi connectivity index (χ4v) is 1.55. The van der Waals surface area contributed by atoms with Gasteiger partial charge in [-0.3, -0.25) is 0 Å². The lowest BCUT2D eigenvalue weighted by atomic mass is 10.1. The molecule has 0 bridgehead atoms. The Labute approximate surface area is 97.5 Å². The van der Waals surface area contributed by atoms with Crippen molar-refractivity contribution in [3.63, 3.8) is 0 Å². The van der Waals surface area contributed by atoms with Gasteiger partial charge in [0.15, 0.2) is 0 Å². The molecule has 0 aliphatic heterocycles. The predicted octanol–water partition coefficient (Wildman–Crippen LogP) is 2.78. The third kappa shape index (κ3) is 3.49. The Morgan fingerprint density at radius 1 is 1.38 bits per heavy atom. The Balaban J connectivity index is 2.89. The Morgan fingerprint density at radius 2 is 2.06 bits per heavy atom. The van der Waals surface area contributed by atoms with Gasteiger partial charge in [-0.2, -0.15) is 0 Å². The molecule has 16 heavy (non-hydrogen) atoms. The second-order valence-electron chi connectivity index (χ2n) is 4.32. The summed E-state index contributed by atoms with van der Waals surface area (Å²) in [6, 6.07) is 5.37. The molecule has 1 aromatic rings. The number of benzene rings is 1. The summed E-state index contributed by atoms with van der Waals surface area (Å²) in [7, 11) is 2.02. The first-order valence-corrected chi connectivity index (χ1v) is 5.77. The summed E-state index contributed by atoms with van der Waals surface area (Å²) in [5, 5.41) is 3.32. The van der Waals surface area contributed by atoms with E-state index in [-0.39, 0.29) is 5.82 Å². The lowest BCUT2D eigenvalue weighted by Crippen LogP contribution is -2.24. The van der Waals surface area contributed by atoms with E-state index in [9.17, 15) is 4.39 Å². The number of hydrogen-bond donors (Lipinski definition) is 1. The van der Waals surface area contributed by atoms with Crippen molar-refractivity contribution < 1.29 is 4.39 Å². The third-order valence-electron chi connectivity index (χ3n) is 2.63. The Bertz CT molecular complexity index is 337. The normalized spacial score (nSPS) is 10.9. The first-order valence-electron chi connectivity index (χ1n) is 5.77. The number of halogens is 1. The van der Waals surface area contributed by atoms with E-state index in [0.29, 0.717) is 12.6 Å². The molecule has 0 heterocycles. The number of rotatable bonds is 5. The van der Waals surface area contributed by atoms with Crippen molar-refractivity contribution in [3.05, 3.63) is 29.6 Å². The van der Waals surface area contributed by atoms with Gasteiger partial charge >= 0.3 is 0 Å². The van der Waals surface area contributed by atoms with Gasteiger partial charge in [0.1, 0.15) is 5.82 Å². The maximum Gasteiger partial charge on any atom is 0.123 e. The highest BCUT2D eigenvalue weighted by Crippen LogP contribution is 2.20. The van der Waals surface area contributed by atoms with E-state index >= 15 is 0 Å². The van der Waals surface area contributed by atoms with Crippen LogP contribution in [0.2, 0.25) is 0 Å². The van der Waals surface area contributed by atoms with Crippen molar-refractivity contribution in [1.82, 2.24) is 5.32 Å². The minimum Gasteiger partial charge on any atom is -0.375 e. The maximum absolute atomic E-state index is 13.2. The van der Waals surface area contributed by atoms with Gasteiger partial charge < -0.3 is 10.2 Å². The van der Waals surface area contributed by atoms with Crippen molar-refractivity contribution in [1.29, 1.82) is 0 Å². The minimum absolute atomic E-state index is 0.172. The Hall–Kier alpha value is -1.09. The van der Waals surface area contributed by atoms with E-state index in [0.717, 1.165) is 17.8 Å². The molecule has 0 amide bonds. The van der Waals surface area contributed by atoms with Crippen LogP contribution in [-0.2, 0) is 6.54 Å². The number of hydrogen-bond acceptors (Lipinski definition) is 2. The standard InChI is InChI=1S/C13H21FN2/c1-5-16(4)13-7-6-12(14)8-11(13)9-15-10(2)3/h6-8,10,15H,5,9H2,1-4H3. The molecule has 0 spiro atoms. The van der Waals surface area contributed by atoms with Gasteiger partial charge in [0.2, 0.25) is 0 Å². The van der Waals surface area contributed by atoms with Crippen LogP contribution >= 0.6 is 0 Å². The molecule has 0 aliphatic rings. The molecule has 0 saturated carbocycles. The fourth-order valence-electron chi connectivity index (χ4n) is 1.55. The Morgan fingerprint density at radius 3 is 2.62 bits per heavy atom. The van der Waals surface area contributed by atoms with Crippen LogP contribution in [0, 0.1) is 5.82 Å². The molecule has 1 rings (SSSR count). The highest BCUT2D eigenvalue weighted by molar-refractivity contribution is 5.53. The molecule has 0 saturated heterocycles. The summed E-state index contributed by atoms with van der Waals surface area (Å²) in [4.78, 5) is 2.12. The molecule has 2 nitrogen and oxygen atoms in total. The van der Waals surface area contributed by atoms with Crippen molar-refractivity contribution in [2.24, 2.45) is 0 Å². The van der Waals surface area contributed by atoms with E-state index in [1.54, 1.807) is 6.07 Å². The van der Waals surface area contributed by atoms with E-state index in [4.69, 9.17) is 0 Å². The smallest absolute Gasteiger partial charge is 0.123 e. The summed E-state index contributed by atoms with van der Waals surface area (Å²) in [6.45, 7) is 7.88. The highest BCUT2D eigenvalue weighted by Gasteiger charge is 2.07. The van der Waals surface area contributed by atoms with Crippen LogP contribution < -0.4 is 10.2 Å². The maximum atomic E-state index is 13.2. The lowest BCUT2D eigenvalue weighted by molar-refractivity contribution is 0.581. The highest BCUT2D eigenvalue weighted by atomic mass is 19.1. The van der Waals surface area contributed by atoms with Gasteiger partial charge in [0.25, 0.3) is 0 Å². The van der Waals surface area contributed by atoms with Crippen LogP contribution in [0.25, 0.3) is 0 Å². The molecule has 90 valence electrons. The largest absolute Gasteiger partial charge is 0.375 e. The summed E-state index contributed by atoms with van der Waals surface area (Å²) in [6.07, 6.45) is 0. The first-order chi connectivity index (χ1) is 7.54. The predicted molar refractivity (Wildman–Crippen MR) is 67.3 cm³/mol. The van der Waals surface area contributed by atoms with Gasteiger partial charge in [-0.25, -0.2) is 4.39 Å². The quantitative estimate of drug-likeness (QED) is 0.827. The average molecular weight is 224 g/mol. The van der Waals surface area contributed by atoms with Crippen molar-refractivity contribution in [2.75, 3.05) is 18.5 Å². The van der Waals surface area contributed by atoms with Crippen LogP contribution in [0.3, 0.4) is 0 Å². The molecular formula is C13H21FN2. The molecule has 0 fully saturated rings. The van der Waals surface area contributed by atoms with Crippen LogP contribution in [0.15, 0.2) is 18.2 Å². The van der Waals surface area contributed by atoms with Gasteiger partial charge in [-0.1, -0.05) is 13.8 Å². The number of anilines is 1. The molecular weight excluding hydrogens is 203 g/mol. The van der Waals surface area contributed by atoms with Gasteiger partial charge in [-0.05, 0) is 30.7 Å². The molecule has 1 N–H and O–H groups in total. The van der Waals surface area contributed by atoms with Crippen LogP contribution in [0.1, 0.15) is 26.3 Å². The second-order valence-corrected chi connectivity index (χ2v) is 4.32. The van der Waals surface area contributed by atoms with E-state index in [2.05, 4.69) is 31.0 Å². The average Bonchev–Trinajstić information content (AvgIpc) is 2.25. The summed E-state index contributed by atoms with van der Waals surface area (Å²) < 4.78 is 13.2. The molecule has 0 aliphatic carbocycles. The topological polar surface area (TPSA) is 15.3 Å². The monoisotopic (exact) mass is 224 g/mol. The second kappa shape index (κ2) is 5.85. The molecule has 3 heteroatoms. The van der Waals surface area contributed by atoms with Gasteiger partial charge in [-0.15, -0.1) is 0 Å². The molecule has 0 aromatic heterocycles. The molecule has 1 aromatic carbocycles. The lowest BCUT2D eigenvalue weighted by Gasteiger charge is -2.21. The van der Waals surface area contributed by atoms with E-state index < -0.39 is 0 Å². The zero-order valence-electron chi connectivity index (χ0n) is 10.5. The SMILES string of the molecule is CCN(C)c1ccc(F)cc1CNC(C)C. The van der Waals surface area contributed by atoms with Crippen LogP contribution in [-0.4, -0.2) is 19.6 Å². The van der Waals surface area contributed by atoms with Crippen LogP contribution in [0.4, 0.5) is 10.1 Å². The molecule has 0 radical (unpaired) electrons. The van der Waals surface area contributed by atoms with Crippen molar-refractivity contribution in [3.8, 4) is 0 Å². The molecule has 0 atom stereocenters. The van der Waals surface area contributed by atoms with Gasteiger partial charge in [0, 0.05) is 31.9 Å². The zero-order chi connectivity index (χ0) is 12.1. The number of nitrogens with one attached hydrogen (secondary N) is 1. The van der Waals surface area contributed by atoms with Crippen LogP contribution in [0.5, 0.6) is 0 Å². The van der Waals surface area contributed by atoms with Gasteiger partial charge in [0.05, 0.1) is 0 Å². The van der Waals surface area contributed by atoms with Crippen molar-refractivity contribution in [2.45, 2.75) is 33.4 Å². The van der Waals surface area contributed by atoms with E-state index in [1.165, 1.54) is 6.07 Å². The fraction of sp³-hybridized carbons (Fsp3) is 0.538. The number of nitrogens with zero attached hydrogens (tertiary/aromatic N) is 1. The summed E-state index contributed by atoms with van der Waals surface area (Å²) in [5.74, 6) is -0.172. The zero-order valence-corrected chi connectivity index (χ0v) is 10.5. The molecule has 0 unspecified atom stereocenters. The van der Waals surface area contributed by atoms with E-state index in [1.807, 2.05) is 13.1 Å².